The van der Waals surface area contributed by atoms with Gasteiger partial charge in [-0.15, -0.1) is 0 Å². The van der Waals surface area contributed by atoms with Crippen LogP contribution in [0.25, 0.3) is 0 Å². The maximum Gasteiger partial charge on any atom is 0.273 e. The van der Waals surface area contributed by atoms with Crippen LogP contribution >= 0.6 is 0 Å². The molecule has 1 N–H and O–H groups in total. The van der Waals surface area contributed by atoms with E-state index in [2.05, 4.69) is 17.1 Å². The van der Waals surface area contributed by atoms with Gasteiger partial charge in [-0.1, -0.05) is 55.1 Å². The molecule has 0 saturated heterocycles. The second-order valence-electron chi connectivity index (χ2n) is 9.13. The molecule has 4 aromatic carbocycles. The SMILES string of the molecule is C=CCOc1ccc(/C=N\NC(=O)c2ccccc2N(Cc2ccccc2)S(=O)(=O)c2ccc(OC)cc2)cc1OCC. The lowest BCUT2D eigenvalue weighted by Gasteiger charge is -2.26. The first-order valence-electron chi connectivity index (χ1n) is 13.5. The molecule has 10 heteroatoms. The summed E-state index contributed by atoms with van der Waals surface area (Å²) >= 11 is 0. The smallest absolute Gasteiger partial charge is 0.273 e. The second kappa shape index (κ2) is 14.7. The largest absolute Gasteiger partial charge is 0.497 e. The molecule has 0 aliphatic carbocycles. The van der Waals surface area contributed by atoms with E-state index in [0.29, 0.717) is 36.0 Å². The lowest BCUT2D eigenvalue weighted by molar-refractivity contribution is 0.0955. The van der Waals surface area contributed by atoms with E-state index in [1.807, 2.05) is 37.3 Å². The van der Waals surface area contributed by atoms with Crippen molar-refractivity contribution in [3.05, 3.63) is 126 Å². The lowest BCUT2D eigenvalue weighted by Crippen LogP contribution is -2.33. The number of para-hydroxylation sites is 1. The van der Waals surface area contributed by atoms with Crippen molar-refractivity contribution in [1.29, 1.82) is 0 Å². The molecular weight excluding hydrogens is 566 g/mol. The third kappa shape index (κ3) is 7.81. The zero-order chi connectivity index (χ0) is 30.7. The molecule has 0 saturated carbocycles. The number of rotatable bonds is 14. The van der Waals surface area contributed by atoms with Gasteiger partial charge in [0.1, 0.15) is 12.4 Å². The number of sulfonamides is 1. The van der Waals surface area contributed by atoms with Crippen LogP contribution in [0.1, 0.15) is 28.4 Å². The van der Waals surface area contributed by atoms with Crippen molar-refractivity contribution in [2.24, 2.45) is 5.10 Å². The zero-order valence-electron chi connectivity index (χ0n) is 24.0. The number of hydrogen-bond donors (Lipinski definition) is 1. The summed E-state index contributed by atoms with van der Waals surface area (Å²) in [7, 11) is -2.58. The average Bonchev–Trinajstić information content (AvgIpc) is 3.04. The summed E-state index contributed by atoms with van der Waals surface area (Å²) in [6.07, 6.45) is 3.11. The summed E-state index contributed by atoms with van der Waals surface area (Å²) in [5, 5.41) is 4.12. The summed E-state index contributed by atoms with van der Waals surface area (Å²) in [5.74, 6) is 1.04. The van der Waals surface area contributed by atoms with Crippen molar-refractivity contribution >= 4 is 27.8 Å². The molecule has 1 amide bonds. The van der Waals surface area contributed by atoms with Gasteiger partial charge in [0.25, 0.3) is 15.9 Å². The molecule has 4 rings (SSSR count). The third-order valence-electron chi connectivity index (χ3n) is 6.24. The molecule has 0 aliphatic heterocycles. The third-order valence-corrected chi connectivity index (χ3v) is 8.01. The van der Waals surface area contributed by atoms with Crippen LogP contribution in [0.2, 0.25) is 0 Å². The Labute approximate surface area is 252 Å². The van der Waals surface area contributed by atoms with Gasteiger partial charge in [0.2, 0.25) is 0 Å². The first kappa shape index (κ1) is 30.9. The Balaban J connectivity index is 1.63. The Hall–Kier alpha value is -5.09. The van der Waals surface area contributed by atoms with Crippen molar-refractivity contribution in [3.63, 3.8) is 0 Å². The maximum atomic E-state index is 14.0. The highest BCUT2D eigenvalue weighted by Crippen LogP contribution is 2.31. The van der Waals surface area contributed by atoms with E-state index >= 15 is 0 Å². The number of amides is 1. The van der Waals surface area contributed by atoms with Crippen LogP contribution in [-0.4, -0.2) is 40.9 Å². The fraction of sp³-hybridized carbons (Fsp3) is 0.152. The molecule has 0 atom stereocenters. The van der Waals surface area contributed by atoms with E-state index in [0.717, 1.165) is 5.56 Å². The number of hydrazone groups is 1. The molecule has 0 aliphatic rings. The van der Waals surface area contributed by atoms with E-state index in [1.54, 1.807) is 60.7 Å². The Bertz CT molecular complexity index is 1670. The van der Waals surface area contributed by atoms with Crippen molar-refractivity contribution in [2.75, 3.05) is 24.6 Å². The maximum absolute atomic E-state index is 14.0. The van der Waals surface area contributed by atoms with Gasteiger partial charge in [-0.3, -0.25) is 9.10 Å². The summed E-state index contributed by atoms with van der Waals surface area (Å²) in [4.78, 5) is 13.4. The minimum atomic E-state index is -4.09. The number of methoxy groups -OCH3 is 1. The molecule has 4 aromatic rings. The molecule has 0 unspecified atom stereocenters. The van der Waals surface area contributed by atoms with E-state index in [-0.39, 0.29) is 22.7 Å². The van der Waals surface area contributed by atoms with Gasteiger partial charge in [0, 0.05) is 0 Å². The van der Waals surface area contributed by atoms with Crippen molar-refractivity contribution < 1.29 is 27.4 Å². The predicted molar refractivity (Wildman–Crippen MR) is 168 cm³/mol. The van der Waals surface area contributed by atoms with Gasteiger partial charge in [0.05, 0.1) is 42.6 Å². The van der Waals surface area contributed by atoms with Crippen LogP contribution in [0.3, 0.4) is 0 Å². The van der Waals surface area contributed by atoms with Gasteiger partial charge in [-0.2, -0.15) is 5.10 Å². The Morgan fingerprint density at radius 2 is 1.65 bits per heavy atom. The first-order chi connectivity index (χ1) is 20.9. The molecule has 43 heavy (non-hydrogen) atoms. The highest BCUT2D eigenvalue weighted by molar-refractivity contribution is 7.92. The van der Waals surface area contributed by atoms with E-state index in [1.165, 1.54) is 29.8 Å². The standard InChI is InChI=1S/C33H33N3O6S/c1-4-21-42-31-20-15-26(22-32(31)41-5-2)23-34-35-33(37)29-13-9-10-14-30(29)36(24-25-11-7-6-8-12-25)43(38,39)28-18-16-27(40-3)17-19-28/h4,6-20,22-23H,1,5,21,24H2,2-3H3,(H,35,37)/b34-23-. The minimum absolute atomic E-state index is 0.00322. The minimum Gasteiger partial charge on any atom is -0.497 e. The quantitative estimate of drug-likeness (QED) is 0.111. The van der Waals surface area contributed by atoms with Crippen LogP contribution in [0.15, 0.2) is 120 Å². The summed E-state index contributed by atoms with van der Waals surface area (Å²) in [6, 6.07) is 27.0. The topological polar surface area (TPSA) is 107 Å². The fourth-order valence-electron chi connectivity index (χ4n) is 4.17. The van der Waals surface area contributed by atoms with Crippen LogP contribution in [0.5, 0.6) is 17.2 Å². The molecular formula is C33H33N3O6S. The number of anilines is 1. The van der Waals surface area contributed by atoms with Crippen molar-refractivity contribution in [1.82, 2.24) is 5.43 Å². The van der Waals surface area contributed by atoms with Crippen molar-refractivity contribution in [2.45, 2.75) is 18.4 Å². The number of hydrogen-bond acceptors (Lipinski definition) is 7. The van der Waals surface area contributed by atoms with Gasteiger partial charge in [-0.25, -0.2) is 13.8 Å². The van der Waals surface area contributed by atoms with Gasteiger partial charge in [0.15, 0.2) is 11.5 Å². The highest BCUT2D eigenvalue weighted by atomic mass is 32.2. The number of benzene rings is 4. The molecule has 0 spiro atoms. The fourth-order valence-corrected chi connectivity index (χ4v) is 5.65. The normalized spacial score (nSPS) is 11.1. The first-order valence-corrected chi connectivity index (χ1v) is 14.9. The van der Waals surface area contributed by atoms with Crippen LogP contribution in [0.4, 0.5) is 5.69 Å². The molecule has 0 heterocycles. The Morgan fingerprint density at radius 3 is 2.35 bits per heavy atom. The van der Waals surface area contributed by atoms with Gasteiger partial charge < -0.3 is 14.2 Å². The number of ether oxygens (including phenoxy) is 3. The molecule has 0 aromatic heterocycles. The molecule has 9 nitrogen and oxygen atoms in total. The average molecular weight is 600 g/mol. The molecule has 0 radical (unpaired) electrons. The Kier molecular flexibility index (Phi) is 10.5. The monoisotopic (exact) mass is 599 g/mol. The predicted octanol–water partition coefficient (Wildman–Crippen LogP) is 5.82. The molecule has 0 fully saturated rings. The lowest BCUT2D eigenvalue weighted by atomic mass is 10.1. The summed E-state index contributed by atoms with van der Waals surface area (Å²) in [6.45, 7) is 6.30. The van der Waals surface area contributed by atoms with Gasteiger partial charge >= 0.3 is 0 Å². The highest BCUT2D eigenvalue weighted by Gasteiger charge is 2.28. The number of nitrogens with zero attached hydrogens (tertiary/aromatic N) is 2. The van der Waals surface area contributed by atoms with E-state index < -0.39 is 15.9 Å². The van der Waals surface area contributed by atoms with Crippen LogP contribution < -0.4 is 23.9 Å². The number of carbonyl (C=O) groups excluding carboxylic acids is 1. The number of carbonyl (C=O) groups is 1. The molecule has 222 valence electrons. The van der Waals surface area contributed by atoms with Crippen molar-refractivity contribution in [3.8, 4) is 17.2 Å². The summed E-state index contributed by atoms with van der Waals surface area (Å²) < 4.78 is 45.7. The zero-order valence-corrected chi connectivity index (χ0v) is 24.8. The second-order valence-corrected chi connectivity index (χ2v) is 11.0. The van der Waals surface area contributed by atoms with Crippen LogP contribution in [-0.2, 0) is 16.6 Å². The van der Waals surface area contributed by atoms with E-state index in [4.69, 9.17) is 14.2 Å². The number of nitrogens with one attached hydrogen (secondary N) is 1. The van der Waals surface area contributed by atoms with E-state index in [9.17, 15) is 13.2 Å². The summed E-state index contributed by atoms with van der Waals surface area (Å²) in [5.41, 5.74) is 4.27. The van der Waals surface area contributed by atoms with Crippen LogP contribution in [0, 0.1) is 0 Å². The van der Waals surface area contributed by atoms with Gasteiger partial charge in [-0.05, 0) is 72.6 Å². The molecule has 0 bridgehead atoms. The Morgan fingerprint density at radius 1 is 0.930 bits per heavy atom.